The molecule has 33 heavy (non-hydrogen) atoms. The molecule has 0 radical (unpaired) electrons. The Morgan fingerprint density at radius 3 is 1.88 bits per heavy atom. The molecule has 4 rings (SSSR count). The largest absolute Gasteiger partial charge is 0.497 e. The quantitative estimate of drug-likeness (QED) is 0.626. The van der Waals surface area contributed by atoms with Gasteiger partial charge >= 0.3 is 0 Å². The Morgan fingerprint density at radius 2 is 1.36 bits per heavy atom. The van der Waals surface area contributed by atoms with Crippen LogP contribution in [-0.2, 0) is 0 Å². The number of hydrogen-bond donors (Lipinski definition) is 1. The number of aromatic nitrogens is 1. The van der Waals surface area contributed by atoms with Crippen LogP contribution in [0.4, 0.5) is 11.5 Å². The molecule has 0 unspecified atom stereocenters. The molecule has 1 aliphatic heterocycles. The Kier molecular flexibility index (Phi) is 6.73. The van der Waals surface area contributed by atoms with E-state index in [0.29, 0.717) is 48.7 Å². The normalized spacial score (nSPS) is 13.4. The number of amides is 2. The zero-order valence-corrected chi connectivity index (χ0v) is 18.7. The van der Waals surface area contributed by atoms with Gasteiger partial charge < -0.3 is 24.6 Å². The van der Waals surface area contributed by atoms with Crippen LogP contribution in [0.15, 0.2) is 66.9 Å². The highest BCUT2D eigenvalue weighted by molar-refractivity contribution is 6.04. The van der Waals surface area contributed by atoms with Gasteiger partial charge in [-0.15, -0.1) is 0 Å². The fourth-order valence-electron chi connectivity index (χ4n) is 3.65. The molecule has 0 spiro atoms. The Balaban J connectivity index is 1.31. The molecule has 3 aromatic rings. The van der Waals surface area contributed by atoms with Crippen molar-refractivity contribution in [3.8, 4) is 11.5 Å². The van der Waals surface area contributed by atoms with E-state index in [9.17, 15) is 9.59 Å². The lowest BCUT2D eigenvalue weighted by atomic mass is 10.1. The van der Waals surface area contributed by atoms with Crippen LogP contribution in [0.5, 0.6) is 11.5 Å². The molecule has 0 aliphatic carbocycles. The molecule has 8 heteroatoms. The van der Waals surface area contributed by atoms with E-state index in [1.807, 2.05) is 17.0 Å². The summed E-state index contributed by atoms with van der Waals surface area (Å²) in [5, 5.41) is 2.85. The molecule has 1 aromatic heterocycles. The van der Waals surface area contributed by atoms with E-state index in [1.54, 1.807) is 68.9 Å². The van der Waals surface area contributed by atoms with Gasteiger partial charge in [0.2, 0.25) is 0 Å². The lowest BCUT2D eigenvalue weighted by Gasteiger charge is -2.35. The molecule has 1 fully saturated rings. The summed E-state index contributed by atoms with van der Waals surface area (Å²) in [5.41, 5.74) is 1.81. The molecule has 1 N–H and O–H groups in total. The minimum atomic E-state index is -0.210. The Bertz CT molecular complexity index is 1090. The molecule has 170 valence electrons. The number of anilines is 2. The van der Waals surface area contributed by atoms with Gasteiger partial charge in [-0.05, 0) is 60.7 Å². The van der Waals surface area contributed by atoms with E-state index in [1.165, 1.54) is 0 Å². The predicted octanol–water partition coefficient (Wildman–Crippen LogP) is 3.31. The number of carbonyl (C=O) groups is 2. The van der Waals surface area contributed by atoms with Crippen LogP contribution in [0, 0.1) is 0 Å². The van der Waals surface area contributed by atoms with Gasteiger partial charge in [0.05, 0.1) is 26.1 Å². The van der Waals surface area contributed by atoms with Crippen LogP contribution < -0.4 is 19.7 Å². The molecular weight excluding hydrogens is 420 g/mol. The third-order valence-corrected chi connectivity index (χ3v) is 5.59. The van der Waals surface area contributed by atoms with Gasteiger partial charge in [0.25, 0.3) is 11.8 Å². The summed E-state index contributed by atoms with van der Waals surface area (Å²) < 4.78 is 10.3. The molecule has 2 heterocycles. The molecule has 0 saturated carbocycles. The second kappa shape index (κ2) is 10.0. The van der Waals surface area contributed by atoms with Crippen molar-refractivity contribution >= 4 is 23.3 Å². The van der Waals surface area contributed by atoms with E-state index in [4.69, 9.17) is 9.47 Å². The van der Waals surface area contributed by atoms with E-state index < -0.39 is 0 Å². The molecule has 0 bridgehead atoms. The van der Waals surface area contributed by atoms with Gasteiger partial charge in [-0.3, -0.25) is 9.59 Å². The standard InChI is InChI=1S/C25H26N4O4/c1-32-21-8-3-18(4-9-21)24(30)27-20-7-12-23(26-17-20)28-13-15-29(16-14-28)25(31)19-5-10-22(33-2)11-6-19/h3-12,17H,13-16H2,1-2H3,(H,27,30). The second-order valence-electron chi connectivity index (χ2n) is 7.60. The summed E-state index contributed by atoms with van der Waals surface area (Å²) in [5.74, 6) is 2.04. The Labute approximate surface area is 192 Å². The van der Waals surface area contributed by atoms with Crippen molar-refractivity contribution in [3.63, 3.8) is 0 Å². The number of nitrogens with one attached hydrogen (secondary N) is 1. The maximum atomic E-state index is 12.7. The van der Waals surface area contributed by atoms with E-state index in [-0.39, 0.29) is 11.8 Å². The topological polar surface area (TPSA) is 84.0 Å². The number of hydrogen-bond acceptors (Lipinski definition) is 6. The highest BCUT2D eigenvalue weighted by Gasteiger charge is 2.23. The molecule has 2 aromatic carbocycles. The zero-order chi connectivity index (χ0) is 23.2. The summed E-state index contributed by atoms with van der Waals surface area (Å²) in [4.78, 5) is 33.6. The number of ether oxygens (including phenoxy) is 2. The third kappa shape index (κ3) is 5.23. The summed E-state index contributed by atoms with van der Waals surface area (Å²) >= 11 is 0. The number of carbonyl (C=O) groups excluding carboxylic acids is 2. The number of nitrogens with zero attached hydrogens (tertiary/aromatic N) is 3. The smallest absolute Gasteiger partial charge is 0.255 e. The van der Waals surface area contributed by atoms with Crippen molar-refractivity contribution in [2.45, 2.75) is 0 Å². The molecule has 8 nitrogen and oxygen atoms in total. The maximum absolute atomic E-state index is 12.7. The zero-order valence-electron chi connectivity index (χ0n) is 18.7. The third-order valence-electron chi connectivity index (χ3n) is 5.59. The van der Waals surface area contributed by atoms with Gasteiger partial charge in [-0.25, -0.2) is 4.98 Å². The van der Waals surface area contributed by atoms with Crippen molar-refractivity contribution in [1.29, 1.82) is 0 Å². The van der Waals surface area contributed by atoms with Crippen molar-refractivity contribution in [1.82, 2.24) is 9.88 Å². The van der Waals surface area contributed by atoms with Crippen molar-refractivity contribution in [2.24, 2.45) is 0 Å². The van der Waals surface area contributed by atoms with Crippen molar-refractivity contribution < 1.29 is 19.1 Å². The SMILES string of the molecule is COc1ccc(C(=O)Nc2ccc(N3CCN(C(=O)c4ccc(OC)cc4)CC3)nc2)cc1. The van der Waals surface area contributed by atoms with Gasteiger partial charge in [0, 0.05) is 37.3 Å². The first kappa shape index (κ1) is 22.1. The number of piperazine rings is 1. The Morgan fingerprint density at radius 1 is 0.788 bits per heavy atom. The predicted molar refractivity (Wildman–Crippen MR) is 126 cm³/mol. The second-order valence-corrected chi connectivity index (χ2v) is 7.60. The molecular formula is C25H26N4O4. The summed E-state index contributed by atoms with van der Waals surface area (Å²) in [6.45, 7) is 2.60. The first-order valence-corrected chi connectivity index (χ1v) is 10.7. The first-order valence-electron chi connectivity index (χ1n) is 10.7. The van der Waals surface area contributed by atoms with Crippen LogP contribution in [0.2, 0.25) is 0 Å². The Hall–Kier alpha value is -4.07. The maximum Gasteiger partial charge on any atom is 0.255 e. The minimum Gasteiger partial charge on any atom is -0.497 e. The number of rotatable bonds is 6. The van der Waals surface area contributed by atoms with Gasteiger partial charge in [0.15, 0.2) is 0 Å². The van der Waals surface area contributed by atoms with Gasteiger partial charge in [-0.1, -0.05) is 0 Å². The lowest BCUT2D eigenvalue weighted by Crippen LogP contribution is -2.49. The van der Waals surface area contributed by atoms with E-state index >= 15 is 0 Å². The fraction of sp³-hybridized carbons (Fsp3) is 0.240. The highest BCUT2D eigenvalue weighted by Crippen LogP contribution is 2.19. The van der Waals surface area contributed by atoms with E-state index in [0.717, 1.165) is 11.6 Å². The van der Waals surface area contributed by atoms with Crippen LogP contribution in [0.3, 0.4) is 0 Å². The number of benzene rings is 2. The first-order chi connectivity index (χ1) is 16.1. The van der Waals surface area contributed by atoms with Crippen molar-refractivity contribution in [2.75, 3.05) is 50.6 Å². The van der Waals surface area contributed by atoms with Crippen molar-refractivity contribution in [3.05, 3.63) is 78.0 Å². The minimum absolute atomic E-state index is 0.0156. The molecule has 1 aliphatic rings. The number of pyridine rings is 1. The fourth-order valence-corrected chi connectivity index (χ4v) is 3.65. The average Bonchev–Trinajstić information content (AvgIpc) is 2.89. The molecule has 2 amide bonds. The molecule has 1 saturated heterocycles. The molecule has 0 atom stereocenters. The van der Waals surface area contributed by atoms with Crippen LogP contribution >= 0.6 is 0 Å². The highest BCUT2D eigenvalue weighted by atomic mass is 16.5. The summed E-state index contributed by atoms with van der Waals surface area (Å²) in [6.07, 6.45) is 1.64. The number of methoxy groups -OCH3 is 2. The summed E-state index contributed by atoms with van der Waals surface area (Å²) in [7, 11) is 3.19. The van der Waals surface area contributed by atoms with Crippen LogP contribution in [-0.4, -0.2) is 62.1 Å². The van der Waals surface area contributed by atoms with Gasteiger partial charge in [-0.2, -0.15) is 0 Å². The monoisotopic (exact) mass is 446 g/mol. The lowest BCUT2D eigenvalue weighted by molar-refractivity contribution is 0.0746. The van der Waals surface area contributed by atoms with Crippen LogP contribution in [0.25, 0.3) is 0 Å². The van der Waals surface area contributed by atoms with E-state index in [2.05, 4.69) is 15.2 Å². The summed E-state index contributed by atoms with van der Waals surface area (Å²) in [6, 6.07) is 17.8. The van der Waals surface area contributed by atoms with Crippen LogP contribution in [0.1, 0.15) is 20.7 Å². The van der Waals surface area contributed by atoms with Gasteiger partial charge in [0.1, 0.15) is 17.3 Å². The average molecular weight is 447 g/mol.